The molecular formula is C20H24N4O6S. The molecule has 11 heteroatoms. The van der Waals surface area contributed by atoms with E-state index in [1.807, 2.05) is 18.2 Å². The summed E-state index contributed by atoms with van der Waals surface area (Å²) in [6.45, 7) is 3.29. The lowest BCUT2D eigenvalue weighted by Crippen LogP contribution is -2.43. The van der Waals surface area contributed by atoms with Crippen LogP contribution < -0.4 is 19.7 Å². The van der Waals surface area contributed by atoms with Gasteiger partial charge in [0.2, 0.25) is 0 Å². The minimum absolute atomic E-state index is 0.00641. The first-order valence-electron chi connectivity index (χ1n) is 9.45. The van der Waals surface area contributed by atoms with Gasteiger partial charge in [0.1, 0.15) is 16.4 Å². The molecule has 0 atom stereocenters. The van der Waals surface area contributed by atoms with Crippen LogP contribution in [0.1, 0.15) is 0 Å². The third-order valence-corrected chi connectivity index (χ3v) is 6.50. The van der Waals surface area contributed by atoms with Crippen LogP contribution in [-0.4, -0.2) is 69.6 Å². The predicted octanol–water partition coefficient (Wildman–Crippen LogP) is 1.40. The molecule has 1 saturated heterocycles. The summed E-state index contributed by atoms with van der Waals surface area (Å²) in [4.78, 5) is 10.6. The van der Waals surface area contributed by atoms with Crippen molar-refractivity contribution in [2.45, 2.75) is 4.90 Å². The number of anilines is 1. The molecule has 4 rings (SSSR count). The van der Waals surface area contributed by atoms with Gasteiger partial charge in [-0.3, -0.25) is 4.79 Å². The first-order valence-corrected chi connectivity index (χ1v) is 10.9. The molecule has 2 N–H and O–H groups in total. The molecule has 1 fully saturated rings. The number of rotatable bonds is 5. The average molecular weight is 449 g/mol. The van der Waals surface area contributed by atoms with Gasteiger partial charge >= 0.3 is 0 Å². The van der Waals surface area contributed by atoms with Crippen molar-refractivity contribution in [2.24, 2.45) is 0 Å². The lowest BCUT2D eigenvalue weighted by atomic mass is 10.2. The summed E-state index contributed by atoms with van der Waals surface area (Å²) >= 11 is 0. The van der Waals surface area contributed by atoms with Crippen LogP contribution in [0.2, 0.25) is 0 Å². The SMILES string of the molecule is COc1ccc(OC)c(S(=O)(=O)n2ncc3ccc(N4CCNCC4)cc32)c1.O=CO. The number of benzene rings is 2. The first kappa shape index (κ1) is 22.4. The van der Waals surface area contributed by atoms with Gasteiger partial charge in [-0.15, -0.1) is 0 Å². The molecule has 0 unspecified atom stereocenters. The highest BCUT2D eigenvalue weighted by atomic mass is 32.2. The molecule has 2 aromatic carbocycles. The Morgan fingerprint density at radius 2 is 1.81 bits per heavy atom. The normalized spacial score (nSPS) is 13.9. The molecule has 0 aliphatic carbocycles. The summed E-state index contributed by atoms with van der Waals surface area (Å²) in [6, 6.07) is 10.4. The molecule has 3 aromatic rings. The number of methoxy groups -OCH3 is 2. The molecule has 0 bridgehead atoms. The molecule has 10 nitrogen and oxygen atoms in total. The van der Waals surface area contributed by atoms with Crippen molar-refractivity contribution in [1.82, 2.24) is 14.5 Å². The zero-order valence-corrected chi connectivity index (χ0v) is 18.0. The maximum atomic E-state index is 13.4. The number of fused-ring (bicyclic) bond motifs is 1. The molecule has 0 amide bonds. The van der Waals surface area contributed by atoms with E-state index in [0.29, 0.717) is 11.3 Å². The zero-order valence-electron chi connectivity index (χ0n) is 17.2. The molecule has 1 aromatic heterocycles. The standard InChI is InChI=1S/C19H22N4O4S.CH2O2/c1-26-16-5-6-18(27-2)19(12-16)28(24,25)23-17-11-15(4-3-14(17)13-21-23)22-9-7-20-8-10-22;2-1-3/h3-6,11-13,20H,7-10H2,1-2H3;1H,(H,2,3). The Hall–Kier alpha value is -3.31. The second-order valence-electron chi connectivity index (χ2n) is 6.59. The van der Waals surface area contributed by atoms with Gasteiger partial charge in [0.25, 0.3) is 16.5 Å². The summed E-state index contributed by atoms with van der Waals surface area (Å²) in [5.41, 5.74) is 1.50. The number of carbonyl (C=O) groups is 1. The minimum Gasteiger partial charge on any atom is -0.497 e. The quantitative estimate of drug-likeness (QED) is 0.558. The Morgan fingerprint density at radius 3 is 2.45 bits per heavy atom. The highest BCUT2D eigenvalue weighted by Crippen LogP contribution is 2.32. The van der Waals surface area contributed by atoms with Crippen LogP contribution in [0.3, 0.4) is 0 Å². The number of nitrogens with zero attached hydrogens (tertiary/aromatic N) is 3. The van der Waals surface area contributed by atoms with E-state index in [4.69, 9.17) is 19.4 Å². The molecule has 0 spiro atoms. The average Bonchev–Trinajstić information content (AvgIpc) is 3.24. The maximum Gasteiger partial charge on any atom is 0.290 e. The Morgan fingerprint density at radius 1 is 1.10 bits per heavy atom. The van der Waals surface area contributed by atoms with Crippen molar-refractivity contribution in [2.75, 3.05) is 45.3 Å². The van der Waals surface area contributed by atoms with Gasteiger partial charge in [0.15, 0.2) is 0 Å². The van der Waals surface area contributed by atoms with Gasteiger partial charge in [-0.1, -0.05) is 0 Å². The van der Waals surface area contributed by atoms with Crippen LogP contribution in [0.4, 0.5) is 5.69 Å². The summed E-state index contributed by atoms with van der Waals surface area (Å²) in [5.74, 6) is 0.667. The Labute approximate surface area is 180 Å². The number of aromatic nitrogens is 2. The molecule has 1 aliphatic rings. The van der Waals surface area contributed by atoms with E-state index in [2.05, 4.69) is 15.3 Å². The molecule has 2 heterocycles. The van der Waals surface area contributed by atoms with E-state index in [-0.39, 0.29) is 17.1 Å². The Balaban J connectivity index is 0.000000858. The highest BCUT2D eigenvalue weighted by Gasteiger charge is 2.26. The molecule has 0 radical (unpaired) electrons. The van der Waals surface area contributed by atoms with Crippen LogP contribution in [0.25, 0.3) is 10.9 Å². The van der Waals surface area contributed by atoms with E-state index in [9.17, 15) is 8.42 Å². The van der Waals surface area contributed by atoms with Crippen molar-refractivity contribution in [3.8, 4) is 11.5 Å². The number of hydrogen-bond donors (Lipinski definition) is 2. The zero-order chi connectivity index (χ0) is 22.4. The van der Waals surface area contributed by atoms with Crippen LogP contribution >= 0.6 is 0 Å². The fraction of sp³-hybridized carbons (Fsp3) is 0.300. The fourth-order valence-electron chi connectivity index (χ4n) is 3.37. The number of hydrogen-bond acceptors (Lipinski definition) is 8. The van der Waals surface area contributed by atoms with E-state index in [1.165, 1.54) is 20.3 Å². The lowest BCUT2D eigenvalue weighted by molar-refractivity contribution is -0.122. The molecule has 1 aliphatic heterocycles. The topological polar surface area (TPSA) is 123 Å². The van der Waals surface area contributed by atoms with Crippen molar-refractivity contribution in [3.63, 3.8) is 0 Å². The summed E-state index contributed by atoms with van der Waals surface area (Å²) < 4.78 is 38.3. The maximum absolute atomic E-state index is 13.4. The van der Waals surface area contributed by atoms with Gasteiger partial charge in [-0.25, -0.2) is 0 Å². The van der Waals surface area contributed by atoms with E-state index in [1.54, 1.807) is 18.3 Å². The number of carboxylic acid groups (broad SMARTS) is 1. The molecule has 0 saturated carbocycles. The second kappa shape index (κ2) is 9.67. The lowest BCUT2D eigenvalue weighted by Gasteiger charge is -2.29. The van der Waals surface area contributed by atoms with Gasteiger partial charge in [0, 0.05) is 43.3 Å². The number of piperazine rings is 1. The third-order valence-electron chi connectivity index (χ3n) is 4.88. The number of ether oxygens (including phenoxy) is 2. The van der Waals surface area contributed by atoms with Crippen LogP contribution in [0.15, 0.2) is 47.5 Å². The Kier molecular flexibility index (Phi) is 6.98. The van der Waals surface area contributed by atoms with Crippen molar-refractivity contribution in [3.05, 3.63) is 42.6 Å². The predicted molar refractivity (Wildman–Crippen MR) is 116 cm³/mol. The van der Waals surface area contributed by atoms with Crippen LogP contribution in [0.5, 0.6) is 11.5 Å². The number of nitrogens with one attached hydrogen (secondary N) is 1. The highest BCUT2D eigenvalue weighted by molar-refractivity contribution is 7.90. The van der Waals surface area contributed by atoms with Crippen molar-refractivity contribution >= 4 is 33.1 Å². The van der Waals surface area contributed by atoms with Crippen LogP contribution in [-0.2, 0) is 14.8 Å². The smallest absolute Gasteiger partial charge is 0.290 e. The van der Waals surface area contributed by atoms with Gasteiger partial charge in [-0.2, -0.15) is 17.6 Å². The third kappa shape index (κ3) is 4.57. The minimum atomic E-state index is -3.98. The van der Waals surface area contributed by atoms with Gasteiger partial charge < -0.3 is 24.8 Å². The largest absolute Gasteiger partial charge is 0.497 e. The van der Waals surface area contributed by atoms with Gasteiger partial charge in [0.05, 0.1) is 25.9 Å². The first-order chi connectivity index (χ1) is 15.0. The summed E-state index contributed by atoms with van der Waals surface area (Å²) in [5, 5.41) is 15.1. The molecule has 166 valence electrons. The second-order valence-corrected chi connectivity index (χ2v) is 8.33. The van der Waals surface area contributed by atoms with Crippen LogP contribution in [0, 0.1) is 0 Å². The summed E-state index contributed by atoms with van der Waals surface area (Å²) in [7, 11) is -1.05. The fourth-order valence-corrected chi connectivity index (χ4v) is 4.82. The van der Waals surface area contributed by atoms with Crippen molar-refractivity contribution < 1.29 is 27.8 Å². The van der Waals surface area contributed by atoms with E-state index >= 15 is 0 Å². The molecule has 31 heavy (non-hydrogen) atoms. The van der Waals surface area contributed by atoms with Gasteiger partial charge in [-0.05, 0) is 30.3 Å². The monoisotopic (exact) mass is 448 g/mol. The van der Waals surface area contributed by atoms with Crippen molar-refractivity contribution in [1.29, 1.82) is 0 Å². The Bertz CT molecular complexity index is 1160. The summed E-state index contributed by atoms with van der Waals surface area (Å²) in [6.07, 6.45) is 1.56. The molecular weight excluding hydrogens is 424 g/mol. The van der Waals surface area contributed by atoms with E-state index < -0.39 is 10.0 Å². The van der Waals surface area contributed by atoms with E-state index in [0.717, 1.165) is 41.3 Å².